The SMILES string of the molecule is C=C(NNC(=O)c1cccnc1)c1ccc(N2CCCCCC2)cc1. The van der Waals surface area contributed by atoms with E-state index in [0.717, 1.165) is 18.7 Å². The zero-order valence-corrected chi connectivity index (χ0v) is 14.4. The summed E-state index contributed by atoms with van der Waals surface area (Å²) in [5.74, 6) is -0.240. The number of carbonyl (C=O) groups excluding carboxylic acids is 1. The molecule has 1 aromatic carbocycles. The highest BCUT2D eigenvalue weighted by atomic mass is 16.2. The lowest BCUT2D eigenvalue weighted by Crippen LogP contribution is -2.35. The highest BCUT2D eigenvalue weighted by Crippen LogP contribution is 2.21. The van der Waals surface area contributed by atoms with E-state index in [-0.39, 0.29) is 5.91 Å². The van der Waals surface area contributed by atoms with Crippen molar-refractivity contribution in [3.05, 3.63) is 66.5 Å². The summed E-state index contributed by atoms with van der Waals surface area (Å²) in [5.41, 5.74) is 8.86. The van der Waals surface area contributed by atoms with Gasteiger partial charge in [-0.25, -0.2) is 0 Å². The van der Waals surface area contributed by atoms with Crippen LogP contribution in [-0.2, 0) is 0 Å². The Kier molecular flexibility index (Phi) is 5.67. The summed E-state index contributed by atoms with van der Waals surface area (Å²) >= 11 is 0. The molecule has 5 heteroatoms. The Bertz CT molecular complexity index is 704. The van der Waals surface area contributed by atoms with Gasteiger partial charge in [0.2, 0.25) is 0 Å². The van der Waals surface area contributed by atoms with Crippen LogP contribution >= 0.6 is 0 Å². The monoisotopic (exact) mass is 336 g/mol. The highest BCUT2D eigenvalue weighted by Gasteiger charge is 2.10. The first kappa shape index (κ1) is 17.0. The van der Waals surface area contributed by atoms with E-state index < -0.39 is 0 Å². The molecule has 0 unspecified atom stereocenters. The van der Waals surface area contributed by atoms with Crippen LogP contribution in [0.2, 0.25) is 0 Å². The first-order chi connectivity index (χ1) is 12.2. The van der Waals surface area contributed by atoms with Gasteiger partial charge in [-0.1, -0.05) is 31.6 Å². The Morgan fingerprint density at radius 2 is 1.68 bits per heavy atom. The van der Waals surface area contributed by atoms with E-state index in [9.17, 15) is 4.79 Å². The average molecular weight is 336 g/mol. The largest absolute Gasteiger partial charge is 0.372 e. The standard InChI is InChI=1S/C20H24N4O/c1-16(22-23-20(25)18-7-6-12-21-15-18)17-8-10-19(11-9-17)24-13-4-2-3-5-14-24/h6-12,15,22H,1-5,13-14H2,(H,23,25). The van der Waals surface area contributed by atoms with Crippen molar-refractivity contribution >= 4 is 17.3 Å². The van der Waals surface area contributed by atoms with Crippen LogP contribution in [0, 0.1) is 0 Å². The molecular formula is C20H24N4O. The van der Waals surface area contributed by atoms with Gasteiger partial charge in [0.15, 0.2) is 0 Å². The number of rotatable bonds is 5. The molecule has 1 saturated heterocycles. The summed E-state index contributed by atoms with van der Waals surface area (Å²) in [5, 5.41) is 0. The normalized spacial score (nSPS) is 14.5. The van der Waals surface area contributed by atoms with Crippen LogP contribution in [0.3, 0.4) is 0 Å². The Hall–Kier alpha value is -2.82. The van der Waals surface area contributed by atoms with E-state index in [4.69, 9.17) is 0 Å². The van der Waals surface area contributed by atoms with Gasteiger partial charge in [0.25, 0.3) is 5.91 Å². The minimum absolute atomic E-state index is 0.240. The number of hydrazine groups is 1. The maximum absolute atomic E-state index is 12.0. The first-order valence-electron chi connectivity index (χ1n) is 8.75. The van der Waals surface area contributed by atoms with Gasteiger partial charge in [0.1, 0.15) is 0 Å². The quantitative estimate of drug-likeness (QED) is 0.822. The molecule has 2 heterocycles. The third-order valence-corrected chi connectivity index (χ3v) is 4.44. The summed E-state index contributed by atoms with van der Waals surface area (Å²) in [4.78, 5) is 18.4. The molecule has 0 radical (unpaired) electrons. The summed E-state index contributed by atoms with van der Waals surface area (Å²) in [7, 11) is 0. The lowest BCUT2D eigenvalue weighted by molar-refractivity contribution is 0.0942. The van der Waals surface area contributed by atoms with Crippen molar-refractivity contribution in [1.29, 1.82) is 0 Å². The molecule has 0 bridgehead atoms. The van der Waals surface area contributed by atoms with Crippen LogP contribution < -0.4 is 15.8 Å². The Balaban J connectivity index is 1.56. The molecular weight excluding hydrogens is 312 g/mol. The average Bonchev–Trinajstić information content (AvgIpc) is 2.96. The Labute approximate surface area is 148 Å². The number of pyridine rings is 1. The van der Waals surface area contributed by atoms with Crippen LogP contribution in [0.25, 0.3) is 5.70 Å². The predicted octanol–water partition coefficient (Wildman–Crippen LogP) is 3.37. The first-order valence-corrected chi connectivity index (χ1v) is 8.75. The zero-order chi connectivity index (χ0) is 17.5. The van der Waals surface area contributed by atoms with Gasteiger partial charge in [-0.15, -0.1) is 0 Å². The number of hydrogen-bond donors (Lipinski definition) is 2. The number of amides is 1. The molecule has 5 nitrogen and oxygen atoms in total. The summed E-state index contributed by atoms with van der Waals surface area (Å²) in [6.45, 7) is 6.24. The molecule has 2 N–H and O–H groups in total. The second kappa shape index (κ2) is 8.33. The van der Waals surface area contributed by atoms with Gasteiger partial charge in [-0.3, -0.25) is 20.6 Å². The minimum atomic E-state index is -0.240. The number of aromatic nitrogens is 1. The lowest BCUT2D eigenvalue weighted by Gasteiger charge is -2.23. The third kappa shape index (κ3) is 4.59. The number of nitrogens with zero attached hydrogens (tertiary/aromatic N) is 2. The fourth-order valence-electron chi connectivity index (χ4n) is 2.98. The molecule has 0 spiro atoms. The van der Waals surface area contributed by atoms with E-state index in [0.29, 0.717) is 11.3 Å². The summed E-state index contributed by atoms with van der Waals surface area (Å²) < 4.78 is 0. The van der Waals surface area contributed by atoms with Crippen molar-refractivity contribution in [2.75, 3.05) is 18.0 Å². The molecule has 0 atom stereocenters. The molecule has 2 aromatic rings. The van der Waals surface area contributed by atoms with Gasteiger partial charge in [-0.05, 0) is 42.7 Å². The second-order valence-corrected chi connectivity index (χ2v) is 6.25. The van der Waals surface area contributed by atoms with Crippen LogP contribution in [0.15, 0.2) is 55.4 Å². The predicted molar refractivity (Wildman–Crippen MR) is 101 cm³/mol. The maximum Gasteiger partial charge on any atom is 0.271 e. The Morgan fingerprint density at radius 3 is 2.32 bits per heavy atom. The van der Waals surface area contributed by atoms with Gasteiger partial charge in [-0.2, -0.15) is 0 Å². The van der Waals surface area contributed by atoms with Crippen molar-refractivity contribution in [3.63, 3.8) is 0 Å². The number of nitrogens with one attached hydrogen (secondary N) is 2. The van der Waals surface area contributed by atoms with Crippen molar-refractivity contribution in [1.82, 2.24) is 15.8 Å². The molecule has 1 aromatic heterocycles. The number of carbonyl (C=O) groups is 1. The summed E-state index contributed by atoms with van der Waals surface area (Å²) in [6.07, 6.45) is 8.33. The Morgan fingerprint density at radius 1 is 0.960 bits per heavy atom. The van der Waals surface area contributed by atoms with Gasteiger partial charge in [0.05, 0.1) is 11.3 Å². The molecule has 0 aliphatic carbocycles. The fourth-order valence-corrected chi connectivity index (χ4v) is 2.98. The van der Waals surface area contributed by atoms with Gasteiger partial charge in [0, 0.05) is 31.2 Å². The van der Waals surface area contributed by atoms with E-state index in [1.54, 1.807) is 18.3 Å². The molecule has 1 amide bonds. The second-order valence-electron chi connectivity index (χ2n) is 6.25. The number of benzene rings is 1. The number of hydrogen-bond acceptors (Lipinski definition) is 4. The lowest BCUT2D eigenvalue weighted by atomic mass is 10.1. The maximum atomic E-state index is 12.0. The van der Waals surface area contributed by atoms with Crippen molar-refractivity contribution in [3.8, 4) is 0 Å². The zero-order valence-electron chi connectivity index (χ0n) is 14.4. The molecule has 25 heavy (non-hydrogen) atoms. The van der Waals surface area contributed by atoms with E-state index in [1.807, 2.05) is 12.1 Å². The van der Waals surface area contributed by atoms with Crippen LogP contribution in [0.4, 0.5) is 5.69 Å². The molecule has 1 aliphatic rings. The van der Waals surface area contributed by atoms with Crippen molar-refractivity contribution in [2.24, 2.45) is 0 Å². The van der Waals surface area contributed by atoms with Crippen molar-refractivity contribution in [2.45, 2.75) is 25.7 Å². The van der Waals surface area contributed by atoms with Gasteiger partial charge < -0.3 is 4.90 Å². The smallest absolute Gasteiger partial charge is 0.271 e. The molecule has 1 fully saturated rings. The van der Waals surface area contributed by atoms with Crippen LogP contribution in [-0.4, -0.2) is 24.0 Å². The highest BCUT2D eigenvalue weighted by molar-refractivity contribution is 5.94. The topological polar surface area (TPSA) is 57.3 Å². The molecule has 3 rings (SSSR count). The summed E-state index contributed by atoms with van der Waals surface area (Å²) in [6, 6.07) is 11.7. The molecule has 0 saturated carbocycles. The van der Waals surface area contributed by atoms with Crippen LogP contribution in [0.1, 0.15) is 41.6 Å². The van der Waals surface area contributed by atoms with E-state index in [1.165, 1.54) is 37.6 Å². The van der Waals surface area contributed by atoms with Gasteiger partial charge >= 0.3 is 0 Å². The minimum Gasteiger partial charge on any atom is -0.372 e. The third-order valence-electron chi connectivity index (χ3n) is 4.44. The van der Waals surface area contributed by atoms with E-state index >= 15 is 0 Å². The van der Waals surface area contributed by atoms with Crippen molar-refractivity contribution < 1.29 is 4.79 Å². The fraction of sp³-hybridized carbons (Fsp3) is 0.300. The number of anilines is 1. The van der Waals surface area contributed by atoms with E-state index in [2.05, 4.69) is 39.4 Å². The molecule has 1 aliphatic heterocycles. The molecule has 130 valence electrons. The van der Waals surface area contributed by atoms with Crippen LogP contribution in [0.5, 0.6) is 0 Å².